The number of hydrogen-bond donors (Lipinski definition) is 0. The van der Waals surface area contributed by atoms with Gasteiger partial charge in [0.1, 0.15) is 4.75 Å². The summed E-state index contributed by atoms with van der Waals surface area (Å²) in [5, 5.41) is 0. The molecule has 0 aliphatic rings. The minimum absolute atomic E-state index is 0.188. The van der Waals surface area contributed by atoms with Gasteiger partial charge in [0.15, 0.2) is 0 Å². The largest absolute Gasteiger partial charge is 0.465 e. The minimum Gasteiger partial charge on any atom is -0.465 e. The third kappa shape index (κ3) is 3.55. The molecule has 0 spiro atoms. The Hall–Kier alpha value is -1.03. The van der Waals surface area contributed by atoms with Gasteiger partial charge in [-0.1, -0.05) is 0 Å². The highest BCUT2D eigenvalue weighted by atomic mass is 32.2. The Balaban J connectivity index is 2.68. The second-order valence-corrected chi connectivity index (χ2v) is 5.21. The third-order valence-corrected chi connectivity index (χ3v) is 2.97. The topological polar surface area (TPSA) is 39.2 Å². The Bertz CT molecular complexity index is 325. The number of carbonyl (C=O) groups excluding carboxylic acids is 1. The maximum absolute atomic E-state index is 11.6. The van der Waals surface area contributed by atoms with E-state index in [4.69, 9.17) is 4.74 Å². The zero-order valence-corrected chi connectivity index (χ0v) is 10.0. The van der Waals surface area contributed by atoms with Gasteiger partial charge in [0.2, 0.25) is 0 Å². The van der Waals surface area contributed by atoms with Crippen molar-refractivity contribution < 1.29 is 9.53 Å². The van der Waals surface area contributed by atoms with Crippen LogP contribution in [0.5, 0.6) is 0 Å². The van der Waals surface area contributed by atoms with Crippen molar-refractivity contribution >= 4 is 17.7 Å². The van der Waals surface area contributed by atoms with Crippen molar-refractivity contribution in [1.82, 2.24) is 4.98 Å². The van der Waals surface area contributed by atoms with Crippen molar-refractivity contribution in [2.45, 2.75) is 30.4 Å². The third-order valence-electron chi connectivity index (χ3n) is 1.79. The number of hydrogen-bond acceptors (Lipinski definition) is 4. The van der Waals surface area contributed by atoms with Crippen LogP contribution < -0.4 is 0 Å². The average Bonchev–Trinajstić information content (AvgIpc) is 2.19. The summed E-state index contributed by atoms with van der Waals surface area (Å²) in [6, 6.07) is 3.76. The first-order chi connectivity index (χ1) is 7.06. The number of pyridine rings is 1. The summed E-state index contributed by atoms with van der Waals surface area (Å²) in [6.07, 6.45) is 3.42. The normalized spacial score (nSPS) is 11.1. The van der Waals surface area contributed by atoms with E-state index in [0.29, 0.717) is 6.61 Å². The van der Waals surface area contributed by atoms with E-state index in [1.807, 2.05) is 32.9 Å². The summed E-state index contributed by atoms with van der Waals surface area (Å²) < 4.78 is 4.45. The van der Waals surface area contributed by atoms with Gasteiger partial charge in [0.25, 0.3) is 0 Å². The molecule has 0 saturated heterocycles. The number of thioether (sulfide) groups is 1. The van der Waals surface area contributed by atoms with Crippen LogP contribution in [0.1, 0.15) is 20.8 Å². The van der Waals surface area contributed by atoms with Crippen LogP contribution >= 0.6 is 11.8 Å². The molecular formula is C11H15NO2S. The number of nitrogens with zero attached hydrogens (tertiary/aromatic N) is 1. The van der Waals surface area contributed by atoms with Crippen LogP contribution in [0.2, 0.25) is 0 Å². The molecule has 0 atom stereocenters. The molecule has 1 rings (SSSR count). The SMILES string of the molecule is CCOC(=O)C(C)(C)Sc1ccncc1. The van der Waals surface area contributed by atoms with Gasteiger partial charge in [-0.15, -0.1) is 11.8 Å². The lowest BCUT2D eigenvalue weighted by atomic mass is 10.2. The van der Waals surface area contributed by atoms with Crippen molar-refractivity contribution in [3.05, 3.63) is 24.5 Å². The fraction of sp³-hybridized carbons (Fsp3) is 0.455. The van der Waals surface area contributed by atoms with Gasteiger partial charge >= 0.3 is 5.97 Å². The van der Waals surface area contributed by atoms with Crippen LogP contribution in [-0.4, -0.2) is 22.3 Å². The number of aromatic nitrogens is 1. The van der Waals surface area contributed by atoms with E-state index >= 15 is 0 Å². The number of carbonyl (C=O) groups is 1. The molecular weight excluding hydrogens is 210 g/mol. The monoisotopic (exact) mass is 225 g/mol. The van der Waals surface area contributed by atoms with Gasteiger partial charge in [-0.05, 0) is 32.9 Å². The number of ether oxygens (including phenoxy) is 1. The van der Waals surface area contributed by atoms with E-state index in [1.165, 1.54) is 11.8 Å². The zero-order chi connectivity index (χ0) is 11.3. The molecule has 4 heteroatoms. The lowest BCUT2D eigenvalue weighted by Gasteiger charge is -2.21. The Labute approximate surface area is 94.2 Å². The summed E-state index contributed by atoms with van der Waals surface area (Å²) in [6.45, 7) is 5.94. The average molecular weight is 225 g/mol. The molecule has 0 aromatic carbocycles. The molecule has 3 nitrogen and oxygen atoms in total. The van der Waals surface area contributed by atoms with Crippen molar-refractivity contribution in [3.8, 4) is 0 Å². The molecule has 0 aliphatic heterocycles. The second-order valence-electron chi connectivity index (χ2n) is 3.52. The first-order valence-corrected chi connectivity index (χ1v) is 5.64. The Kier molecular flexibility index (Phi) is 4.15. The quantitative estimate of drug-likeness (QED) is 0.583. The maximum Gasteiger partial charge on any atom is 0.321 e. The van der Waals surface area contributed by atoms with E-state index in [2.05, 4.69) is 4.98 Å². The van der Waals surface area contributed by atoms with E-state index in [-0.39, 0.29) is 5.97 Å². The molecule has 82 valence electrons. The van der Waals surface area contributed by atoms with Crippen molar-refractivity contribution in [2.24, 2.45) is 0 Å². The maximum atomic E-state index is 11.6. The number of esters is 1. The van der Waals surface area contributed by atoms with Crippen LogP contribution in [0.25, 0.3) is 0 Å². The summed E-state index contributed by atoms with van der Waals surface area (Å²) >= 11 is 1.48. The highest BCUT2D eigenvalue weighted by Crippen LogP contribution is 2.32. The van der Waals surface area contributed by atoms with Crippen molar-refractivity contribution in [2.75, 3.05) is 6.61 Å². The van der Waals surface area contributed by atoms with Gasteiger partial charge in [-0.25, -0.2) is 0 Å². The lowest BCUT2D eigenvalue weighted by molar-refractivity contribution is -0.145. The molecule has 0 aliphatic carbocycles. The van der Waals surface area contributed by atoms with Crippen LogP contribution in [-0.2, 0) is 9.53 Å². The molecule has 0 unspecified atom stereocenters. The molecule has 0 saturated carbocycles. The van der Waals surface area contributed by atoms with Crippen LogP contribution in [0, 0.1) is 0 Å². The fourth-order valence-electron chi connectivity index (χ4n) is 1.05. The van der Waals surface area contributed by atoms with Gasteiger partial charge in [0.05, 0.1) is 6.61 Å². The molecule has 1 aromatic heterocycles. The summed E-state index contributed by atoms with van der Waals surface area (Å²) in [4.78, 5) is 16.6. The summed E-state index contributed by atoms with van der Waals surface area (Å²) in [5.74, 6) is -0.188. The predicted molar refractivity (Wildman–Crippen MR) is 60.8 cm³/mol. The molecule has 0 bridgehead atoms. The van der Waals surface area contributed by atoms with Crippen LogP contribution in [0.15, 0.2) is 29.4 Å². The van der Waals surface area contributed by atoms with E-state index in [0.717, 1.165) is 4.90 Å². The molecule has 0 fully saturated rings. The van der Waals surface area contributed by atoms with Gasteiger partial charge in [0, 0.05) is 17.3 Å². The summed E-state index contributed by atoms with van der Waals surface area (Å²) in [5.41, 5.74) is 0. The molecule has 1 heterocycles. The van der Waals surface area contributed by atoms with Crippen molar-refractivity contribution in [3.63, 3.8) is 0 Å². The zero-order valence-electron chi connectivity index (χ0n) is 9.19. The van der Waals surface area contributed by atoms with Gasteiger partial charge in [-0.3, -0.25) is 9.78 Å². The lowest BCUT2D eigenvalue weighted by Crippen LogP contribution is -2.29. The molecule has 0 radical (unpaired) electrons. The molecule has 1 aromatic rings. The fourth-order valence-corrected chi connectivity index (χ4v) is 2.04. The number of rotatable bonds is 4. The van der Waals surface area contributed by atoms with Gasteiger partial charge < -0.3 is 4.74 Å². The van der Waals surface area contributed by atoms with Crippen LogP contribution in [0.3, 0.4) is 0 Å². The first kappa shape index (κ1) is 12.0. The summed E-state index contributed by atoms with van der Waals surface area (Å²) in [7, 11) is 0. The standard InChI is InChI=1S/C11H15NO2S/c1-4-14-10(13)11(2,3)15-9-5-7-12-8-6-9/h5-8H,4H2,1-3H3. The van der Waals surface area contributed by atoms with E-state index in [9.17, 15) is 4.79 Å². The molecule has 0 N–H and O–H groups in total. The van der Waals surface area contributed by atoms with Gasteiger partial charge in [-0.2, -0.15) is 0 Å². The first-order valence-electron chi connectivity index (χ1n) is 4.82. The Morgan fingerprint density at radius 2 is 2.07 bits per heavy atom. The van der Waals surface area contributed by atoms with E-state index in [1.54, 1.807) is 12.4 Å². The Morgan fingerprint density at radius 3 is 2.60 bits per heavy atom. The van der Waals surface area contributed by atoms with Crippen molar-refractivity contribution in [1.29, 1.82) is 0 Å². The molecule has 0 amide bonds. The predicted octanol–water partition coefficient (Wildman–Crippen LogP) is 2.52. The highest BCUT2D eigenvalue weighted by Gasteiger charge is 2.30. The minimum atomic E-state index is -0.558. The second kappa shape index (κ2) is 5.16. The van der Waals surface area contributed by atoms with E-state index < -0.39 is 4.75 Å². The molecule has 15 heavy (non-hydrogen) atoms. The smallest absolute Gasteiger partial charge is 0.321 e. The Morgan fingerprint density at radius 1 is 1.47 bits per heavy atom. The van der Waals surface area contributed by atoms with Crippen LogP contribution in [0.4, 0.5) is 0 Å². The highest BCUT2D eigenvalue weighted by molar-refractivity contribution is 8.01.